The van der Waals surface area contributed by atoms with Crippen molar-refractivity contribution >= 4 is 17.7 Å². The molecule has 0 aromatic heterocycles. The van der Waals surface area contributed by atoms with E-state index in [0.717, 1.165) is 11.0 Å². The number of benzene rings is 1. The zero-order chi connectivity index (χ0) is 14.6. The maximum absolute atomic E-state index is 13.0. The van der Waals surface area contributed by atoms with Crippen LogP contribution < -0.4 is 10.2 Å². The Hall–Kier alpha value is -2.15. The molecule has 0 bridgehead atoms. The first-order chi connectivity index (χ1) is 8.82. The third kappa shape index (κ3) is 3.92. The van der Waals surface area contributed by atoms with Crippen LogP contribution in [0.4, 0.5) is 14.9 Å². The van der Waals surface area contributed by atoms with Crippen molar-refractivity contribution in [3.05, 3.63) is 30.1 Å². The summed E-state index contributed by atoms with van der Waals surface area (Å²) in [6, 6.07) is 3.11. The largest absolute Gasteiger partial charge is 0.480 e. The van der Waals surface area contributed by atoms with Gasteiger partial charge in [-0.2, -0.15) is 0 Å². The van der Waals surface area contributed by atoms with Crippen LogP contribution in [0.25, 0.3) is 0 Å². The number of aliphatic hydroxyl groups excluding tert-OH is 1. The molecule has 2 amide bonds. The first-order valence-corrected chi connectivity index (χ1v) is 5.53. The number of carboxylic acids is 1. The molecule has 0 spiro atoms. The van der Waals surface area contributed by atoms with Crippen LogP contribution in [0.2, 0.25) is 0 Å². The van der Waals surface area contributed by atoms with E-state index >= 15 is 0 Å². The standard InChI is InChI=1S/C12H15FN2O4/c1-7(16)10(11(17)18)14-12(19)15(2)9-5-3-4-8(13)6-9/h3-7,10,16H,1-2H3,(H,14,19)(H,17,18). The van der Waals surface area contributed by atoms with Gasteiger partial charge in [0.2, 0.25) is 0 Å². The highest BCUT2D eigenvalue weighted by Gasteiger charge is 2.26. The van der Waals surface area contributed by atoms with Gasteiger partial charge < -0.3 is 15.5 Å². The van der Waals surface area contributed by atoms with Gasteiger partial charge in [0.1, 0.15) is 5.82 Å². The highest BCUT2D eigenvalue weighted by Crippen LogP contribution is 2.14. The molecular weight excluding hydrogens is 255 g/mol. The molecular formula is C12H15FN2O4. The summed E-state index contributed by atoms with van der Waals surface area (Å²) in [5.41, 5.74) is 0.271. The zero-order valence-corrected chi connectivity index (χ0v) is 10.5. The quantitative estimate of drug-likeness (QED) is 0.755. The normalized spacial score (nSPS) is 13.5. The average molecular weight is 270 g/mol. The van der Waals surface area contributed by atoms with Crippen molar-refractivity contribution in [1.29, 1.82) is 0 Å². The SMILES string of the molecule is CC(O)C(NC(=O)N(C)c1cccc(F)c1)C(=O)O. The summed E-state index contributed by atoms with van der Waals surface area (Å²) >= 11 is 0. The third-order valence-corrected chi connectivity index (χ3v) is 2.53. The molecule has 0 fully saturated rings. The van der Waals surface area contributed by atoms with E-state index in [2.05, 4.69) is 5.32 Å². The van der Waals surface area contributed by atoms with Gasteiger partial charge in [-0.15, -0.1) is 0 Å². The number of carbonyl (C=O) groups is 2. The van der Waals surface area contributed by atoms with Gasteiger partial charge in [0.25, 0.3) is 0 Å². The number of nitrogens with zero attached hydrogens (tertiary/aromatic N) is 1. The van der Waals surface area contributed by atoms with Crippen molar-refractivity contribution in [2.24, 2.45) is 0 Å². The van der Waals surface area contributed by atoms with Crippen LogP contribution in [0.5, 0.6) is 0 Å². The van der Waals surface area contributed by atoms with Crippen molar-refractivity contribution < 1.29 is 24.2 Å². The Morgan fingerprint density at radius 1 is 1.42 bits per heavy atom. The van der Waals surface area contributed by atoms with Gasteiger partial charge >= 0.3 is 12.0 Å². The van der Waals surface area contributed by atoms with Gasteiger partial charge in [0, 0.05) is 12.7 Å². The van der Waals surface area contributed by atoms with Crippen molar-refractivity contribution in [3.63, 3.8) is 0 Å². The van der Waals surface area contributed by atoms with Gasteiger partial charge in [0.15, 0.2) is 6.04 Å². The molecule has 0 heterocycles. The lowest BCUT2D eigenvalue weighted by Crippen LogP contribution is -2.51. The lowest BCUT2D eigenvalue weighted by Gasteiger charge is -2.22. The molecule has 0 aliphatic rings. The predicted octanol–water partition coefficient (Wildman–Crippen LogP) is 0.805. The van der Waals surface area contributed by atoms with Gasteiger partial charge in [-0.1, -0.05) is 6.07 Å². The van der Waals surface area contributed by atoms with Crippen LogP contribution in [0.15, 0.2) is 24.3 Å². The van der Waals surface area contributed by atoms with Crippen molar-refractivity contribution in [1.82, 2.24) is 5.32 Å². The second-order valence-corrected chi connectivity index (χ2v) is 4.04. The number of carboxylic acid groups (broad SMARTS) is 1. The van der Waals surface area contributed by atoms with E-state index in [9.17, 15) is 19.1 Å². The average Bonchev–Trinajstić information content (AvgIpc) is 2.33. The number of amides is 2. The molecule has 2 unspecified atom stereocenters. The Kier molecular flexibility index (Phi) is 4.82. The molecule has 104 valence electrons. The molecule has 1 aromatic rings. The van der Waals surface area contributed by atoms with Gasteiger partial charge in [-0.3, -0.25) is 4.90 Å². The molecule has 19 heavy (non-hydrogen) atoms. The van der Waals surface area contributed by atoms with E-state index in [0.29, 0.717) is 0 Å². The van der Waals surface area contributed by atoms with Gasteiger partial charge in [0.05, 0.1) is 6.10 Å². The lowest BCUT2D eigenvalue weighted by molar-refractivity contribution is -0.141. The van der Waals surface area contributed by atoms with E-state index in [1.165, 1.54) is 32.2 Å². The van der Waals surface area contributed by atoms with Crippen LogP contribution in [0.3, 0.4) is 0 Å². The summed E-state index contributed by atoms with van der Waals surface area (Å²) in [4.78, 5) is 23.7. The number of rotatable bonds is 4. The zero-order valence-electron chi connectivity index (χ0n) is 10.5. The van der Waals surface area contributed by atoms with Crippen LogP contribution in [-0.2, 0) is 4.79 Å². The summed E-state index contributed by atoms with van der Waals surface area (Å²) in [7, 11) is 1.37. The fourth-order valence-electron chi connectivity index (χ4n) is 1.42. The summed E-state index contributed by atoms with van der Waals surface area (Å²) in [6.45, 7) is 1.25. The monoisotopic (exact) mass is 270 g/mol. The minimum Gasteiger partial charge on any atom is -0.480 e. The molecule has 0 radical (unpaired) electrons. The first-order valence-electron chi connectivity index (χ1n) is 5.53. The van der Waals surface area contributed by atoms with E-state index in [-0.39, 0.29) is 5.69 Å². The fraction of sp³-hybridized carbons (Fsp3) is 0.333. The number of aliphatic carboxylic acids is 1. The molecule has 0 aliphatic heterocycles. The number of hydrogen-bond acceptors (Lipinski definition) is 3. The number of hydrogen-bond donors (Lipinski definition) is 3. The van der Waals surface area contributed by atoms with Gasteiger partial charge in [-0.25, -0.2) is 14.0 Å². The lowest BCUT2D eigenvalue weighted by atomic mass is 10.2. The van der Waals surface area contributed by atoms with E-state index in [1.54, 1.807) is 0 Å². The summed E-state index contributed by atoms with van der Waals surface area (Å²) in [5, 5.41) is 20.2. The highest BCUT2D eigenvalue weighted by molar-refractivity contribution is 5.94. The highest BCUT2D eigenvalue weighted by atomic mass is 19.1. The van der Waals surface area contributed by atoms with E-state index in [4.69, 9.17) is 5.11 Å². The Labute approximate surface area is 109 Å². The van der Waals surface area contributed by atoms with Crippen LogP contribution in [-0.4, -0.2) is 41.4 Å². The maximum atomic E-state index is 13.0. The maximum Gasteiger partial charge on any atom is 0.328 e. The Bertz CT molecular complexity index is 479. The Balaban J connectivity index is 2.80. The third-order valence-electron chi connectivity index (χ3n) is 2.53. The number of aliphatic hydroxyl groups is 1. The fourth-order valence-corrected chi connectivity index (χ4v) is 1.42. The van der Waals surface area contributed by atoms with Crippen molar-refractivity contribution in [2.45, 2.75) is 19.1 Å². The molecule has 1 aromatic carbocycles. The Morgan fingerprint density at radius 3 is 2.53 bits per heavy atom. The summed E-state index contributed by atoms with van der Waals surface area (Å²) in [6.07, 6.45) is -1.25. The number of carbonyl (C=O) groups excluding carboxylic acids is 1. The number of anilines is 1. The molecule has 0 saturated heterocycles. The summed E-state index contributed by atoms with van der Waals surface area (Å²) < 4.78 is 13.0. The summed E-state index contributed by atoms with van der Waals surface area (Å²) in [5.74, 6) is -1.86. The number of halogens is 1. The second-order valence-electron chi connectivity index (χ2n) is 4.04. The molecule has 2 atom stereocenters. The van der Waals surface area contributed by atoms with Crippen molar-refractivity contribution in [2.75, 3.05) is 11.9 Å². The van der Waals surface area contributed by atoms with E-state index < -0.39 is 30.0 Å². The topological polar surface area (TPSA) is 89.9 Å². The number of nitrogens with one attached hydrogen (secondary N) is 1. The Morgan fingerprint density at radius 2 is 2.05 bits per heavy atom. The second kappa shape index (κ2) is 6.14. The minimum absolute atomic E-state index is 0.271. The molecule has 0 aliphatic carbocycles. The smallest absolute Gasteiger partial charge is 0.328 e. The van der Waals surface area contributed by atoms with Crippen LogP contribution in [0.1, 0.15) is 6.92 Å². The van der Waals surface area contributed by atoms with Crippen molar-refractivity contribution in [3.8, 4) is 0 Å². The van der Waals surface area contributed by atoms with Gasteiger partial charge in [-0.05, 0) is 25.1 Å². The minimum atomic E-state index is -1.43. The molecule has 6 nitrogen and oxygen atoms in total. The van der Waals surface area contributed by atoms with Crippen LogP contribution in [0, 0.1) is 5.82 Å². The van der Waals surface area contributed by atoms with E-state index in [1.807, 2.05) is 0 Å². The molecule has 0 saturated carbocycles. The predicted molar refractivity (Wildman–Crippen MR) is 66.4 cm³/mol. The first kappa shape index (κ1) is 14.9. The molecule has 3 N–H and O–H groups in total. The van der Waals surface area contributed by atoms with Crippen LogP contribution >= 0.6 is 0 Å². The number of urea groups is 1. The molecule has 1 rings (SSSR count). The molecule has 7 heteroatoms.